The number of anilines is 1. The molecule has 0 aliphatic rings. The lowest BCUT2D eigenvalue weighted by Crippen LogP contribution is -2.13. The summed E-state index contributed by atoms with van der Waals surface area (Å²) in [6.07, 6.45) is 0. The summed E-state index contributed by atoms with van der Waals surface area (Å²) in [5, 5.41) is 16.9. The molecule has 0 saturated heterocycles. The summed E-state index contributed by atoms with van der Waals surface area (Å²) in [5.74, 6) is 2.65. The first kappa shape index (κ1) is 22.0. The lowest BCUT2D eigenvalue weighted by atomic mass is 10.3. The maximum Gasteiger partial charge on any atom is 0.291 e. The van der Waals surface area contributed by atoms with Gasteiger partial charge in [-0.25, -0.2) is 4.99 Å². The van der Waals surface area contributed by atoms with Crippen molar-refractivity contribution < 1.29 is 19.8 Å². The van der Waals surface area contributed by atoms with Crippen LogP contribution in [0.15, 0.2) is 53.5 Å². The van der Waals surface area contributed by atoms with E-state index < -0.39 is 5.09 Å². The van der Waals surface area contributed by atoms with Crippen LogP contribution in [0, 0.1) is 10.1 Å². The first-order valence-corrected chi connectivity index (χ1v) is 8.71. The van der Waals surface area contributed by atoms with Gasteiger partial charge in [0, 0.05) is 5.69 Å². The number of ether oxygens (including phenoxy) is 2. The van der Waals surface area contributed by atoms with E-state index in [0.29, 0.717) is 24.9 Å². The van der Waals surface area contributed by atoms with Crippen LogP contribution in [0.1, 0.15) is 13.8 Å². The largest absolute Gasteiger partial charge is 0.494 e. The number of nitrogens with one attached hydrogen (secondary N) is 1. The molecule has 9 heteroatoms. The molecule has 2 aromatic carbocycles. The molecule has 0 saturated carbocycles. The summed E-state index contributed by atoms with van der Waals surface area (Å²) in [6.45, 7) is 5.22. The van der Waals surface area contributed by atoms with Crippen LogP contribution in [0.3, 0.4) is 0 Å². The fourth-order valence-electron chi connectivity index (χ4n) is 2.00. The first-order chi connectivity index (χ1) is 13.0. The highest BCUT2D eigenvalue weighted by atomic mass is 35.5. The van der Waals surface area contributed by atoms with Crippen LogP contribution in [0.2, 0.25) is 0 Å². The second-order valence-corrected chi connectivity index (χ2v) is 5.21. The van der Waals surface area contributed by atoms with Crippen molar-refractivity contribution in [3.8, 4) is 11.5 Å². The molecule has 2 rings (SSSR count). The summed E-state index contributed by atoms with van der Waals surface area (Å²) >= 11 is 5.99. The van der Waals surface area contributed by atoms with Crippen molar-refractivity contribution in [3.05, 3.63) is 58.6 Å². The minimum atomic E-state index is -1.50. The zero-order chi connectivity index (χ0) is 20.1. The highest BCUT2D eigenvalue weighted by Crippen LogP contribution is 2.20. The van der Waals surface area contributed by atoms with E-state index in [9.17, 15) is 0 Å². The van der Waals surface area contributed by atoms with E-state index in [2.05, 4.69) is 10.3 Å². The van der Waals surface area contributed by atoms with Crippen molar-refractivity contribution in [1.29, 1.82) is 0 Å². The van der Waals surface area contributed by atoms with Crippen molar-refractivity contribution in [1.82, 2.24) is 0 Å². The second kappa shape index (κ2) is 12.4. The normalized spacial score (nSPS) is 10.4. The molecule has 0 spiro atoms. The van der Waals surface area contributed by atoms with Gasteiger partial charge in [0.2, 0.25) is 0 Å². The van der Waals surface area contributed by atoms with E-state index in [-0.39, 0.29) is 0 Å². The van der Waals surface area contributed by atoms with Gasteiger partial charge < -0.3 is 20.0 Å². The Morgan fingerprint density at radius 2 is 1.52 bits per heavy atom. The monoisotopic (exact) mass is 395 g/mol. The molecule has 27 heavy (non-hydrogen) atoms. The van der Waals surface area contributed by atoms with E-state index in [1.807, 2.05) is 62.4 Å². The zero-order valence-electron chi connectivity index (χ0n) is 15.1. The Bertz CT molecular complexity index is 717. The van der Waals surface area contributed by atoms with Crippen LogP contribution >= 0.6 is 11.6 Å². The Morgan fingerprint density at radius 1 is 1.07 bits per heavy atom. The van der Waals surface area contributed by atoms with Gasteiger partial charge in [-0.05, 0) is 62.4 Å². The van der Waals surface area contributed by atoms with Gasteiger partial charge in [-0.2, -0.15) is 0 Å². The Morgan fingerprint density at radius 3 is 1.93 bits per heavy atom. The van der Waals surface area contributed by atoms with Gasteiger partial charge in [0.1, 0.15) is 17.3 Å². The third-order valence-corrected chi connectivity index (χ3v) is 3.25. The number of halogens is 1. The molecule has 0 aliphatic carbocycles. The fraction of sp³-hybridized carbons (Fsp3) is 0.278. The van der Waals surface area contributed by atoms with Crippen LogP contribution < -0.4 is 14.8 Å². The number of benzene rings is 2. The van der Waals surface area contributed by atoms with E-state index in [4.69, 9.17) is 36.4 Å². The predicted octanol–water partition coefficient (Wildman–Crippen LogP) is 4.52. The molecule has 8 nitrogen and oxygen atoms in total. The molecule has 2 N–H and O–H groups in total. The lowest BCUT2D eigenvalue weighted by Gasteiger charge is -2.09. The van der Waals surface area contributed by atoms with Crippen molar-refractivity contribution >= 4 is 28.8 Å². The average molecular weight is 396 g/mol. The molecule has 0 aromatic heterocycles. The minimum absolute atomic E-state index is 0.292. The molecular weight excluding hydrogens is 374 g/mol. The van der Waals surface area contributed by atoms with Crippen molar-refractivity contribution in [2.75, 3.05) is 24.4 Å². The van der Waals surface area contributed by atoms with Crippen LogP contribution in [-0.4, -0.2) is 35.2 Å². The fourth-order valence-corrected chi connectivity index (χ4v) is 2.12. The van der Waals surface area contributed by atoms with E-state index in [0.717, 1.165) is 22.9 Å². The molecule has 146 valence electrons. The van der Waals surface area contributed by atoms with Crippen molar-refractivity contribution in [3.63, 3.8) is 0 Å². The standard InChI is InChI=1S/C18H21ClN2O2.HNO3/c1-3-22-16-9-5-14(6-10-16)20-18(13-19)21-15-7-11-17(12-8-15)23-4-2;2-1(3)4/h5-12H,3-4,13H2,1-2H3,(H,20,21);(H,2,3,4). The third-order valence-electron chi connectivity index (χ3n) is 2.99. The maximum atomic E-state index is 8.36. The highest BCUT2D eigenvalue weighted by Gasteiger charge is 2.01. The van der Waals surface area contributed by atoms with E-state index >= 15 is 0 Å². The SMILES string of the molecule is CCOc1ccc(N=C(CCl)Nc2ccc(OCC)cc2)cc1.O=[N+]([O-])O. The van der Waals surface area contributed by atoms with Gasteiger partial charge in [0.25, 0.3) is 5.09 Å². The Kier molecular flexibility index (Phi) is 10.1. The number of amidine groups is 1. The topological polar surface area (TPSA) is 106 Å². The Balaban J connectivity index is 0.000000828. The van der Waals surface area contributed by atoms with E-state index in [1.54, 1.807) is 0 Å². The van der Waals surface area contributed by atoms with Crippen LogP contribution in [-0.2, 0) is 0 Å². The molecule has 0 atom stereocenters. The number of alkyl halides is 1. The molecule has 0 aliphatic heterocycles. The smallest absolute Gasteiger partial charge is 0.291 e. The first-order valence-electron chi connectivity index (χ1n) is 8.18. The molecule has 0 radical (unpaired) electrons. The Hall–Kier alpha value is -3.00. The molecule has 0 unspecified atom stereocenters. The minimum Gasteiger partial charge on any atom is -0.494 e. The zero-order valence-corrected chi connectivity index (χ0v) is 15.8. The van der Waals surface area contributed by atoms with Crippen molar-refractivity contribution in [2.24, 2.45) is 4.99 Å². The average Bonchev–Trinajstić information content (AvgIpc) is 2.64. The van der Waals surface area contributed by atoms with Gasteiger partial charge >= 0.3 is 0 Å². The second-order valence-electron chi connectivity index (χ2n) is 4.94. The van der Waals surface area contributed by atoms with Gasteiger partial charge in [-0.1, -0.05) is 0 Å². The molecule has 0 heterocycles. The lowest BCUT2D eigenvalue weighted by molar-refractivity contribution is -0.742. The quantitative estimate of drug-likeness (QED) is 0.235. The van der Waals surface area contributed by atoms with Gasteiger partial charge in [-0.15, -0.1) is 21.7 Å². The maximum absolute atomic E-state index is 8.36. The highest BCUT2D eigenvalue weighted by molar-refractivity contribution is 6.30. The molecule has 2 aromatic rings. The summed E-state index contributed by atoms with van der Waals surface area (Å²) in [6, 6.07) is 15.3. The van der Waals surface area contributed by atoms with Gasteiger partial charge in [-0.3, -0.25) is 0 Å². The van der Waals surface area contributed by atoms with Crippen LogP contribution in [0.4, 0.5) is 11.4 Å². The third kappa shape index (κ3) is 9.31. The van der Waals surface area contributed by atoms with Gasteiger partial charge in [0.15, 0.2) is 0 Å². The molecule has 0 amide bonds. The van der Waals surface area contributed by atoms with Gasteiger partial charge in [0.05, 0.1) is 24.8 Å². The van der Waals surface area contributed by atoms with Crippen molar-refractivity contribution in [2.45, 2.75) is 13.8 Å². The molecule has 0 bridgehead atoms. The van der Waals surface area contributed by atoms with E-state index in [1.165, 1.54) is 0 Å². The number of aliphatic imine (C=N–C) groups is 1. The van der Waals surface area contributed by atoms with Crippen LogP contribution in [0.5, 0.6) is 11.5 Å². The molecular formula is C18H22ClN3O5. The number of hydrogen-bond donors (Lipinski definition) is 2. The molecule has 0 fully saturated rings. The number of nitrogens with zero attached hydrogens (tertiary/aromatic N) is 2. The number of hydrogen-bond acceptors (Lipinski definition) is 5. The summed E-state index contributed by atoms with van der Waals surface area (Å²) < 4.78 is 10.8. The van der Waals surface area contributed by atoms with Crippen LogP contribution in [0.25, 0.3) is 0 Å². The predicted molar refractivity (Wildman–Crippen MR) is 105 cm³/mol. The summed E-state index contributed by atoms with van der Waals surface area (Å²) in [7, 11) is 0. The summed E-state index contributed by atoms with van der Waals surface area (Å²) in [5.41, 5.74) is 1.74. The summed E-state index contributed by atoms with van der Waals surface area (Å²) in [4.78, 5) is 12.9. The Labute approximate surface area is 162 Å². The number of rotatable bonds is 7.